The molecule has 0 aliphatic carbocycles. The van der Waals surface area contributed by atoms with Gasteiger partial charge in [-0.2, -0.15) is 0 Å². The number of ether oxygens (including phenoxy) is 6. The number of benzene rings is 4. The molecule has 0 spiro atoms. The van der Waals surface area contributed by atoms with E-state index < -0.39 is 64.7 Å². The second-order valence-electron chi connectivity index (χ2n) is 20.0. The second-order valence-corrected chi connectivity index (χ2v) is 29.1. The monoisotopic (exact) mass is 926 g/mol. The molecule has 65 heavy (non-hydrogen) atoms. The Morgan fingerprint density at radius 3 is 1.78 bits per heavy atom. The van der Waals surface area contributed by atoms with Crippen LogP contribution in [0.2, 0.25) is 23.2 Å². The molecular weight excluding hydrogens is 853 g/mol. The molecule has 0 N–H and O–H groups in total. The van der Waals surface area contributed by atoms with Crippen molar-refractivity contribution < 1.29 is 46.9 Å². The first-order valence-electron chi connectivity index (χ1n) is 23.0. The Bertz CT molecular complexity index is 2030. The Morgan fingerprint density at radius 1 is 0.723 bits per heavy atom. The standard InChI is InChI=1S/C53H74O10Si2/c1-39(54)60-46(32-34-57-37-42-28-30-43(56-10)31-29-42)49-48(61-40(2)55)36-53(9,62-49)50(58-38-41-22-16-13-17-23-41)47(63-64(11,12)51(3,4)5)33-35-59-65(52(6,7)8,44-24-18-14-19-25-44)45-26-20-15-21-27-45/h13-31,46-50H,32-38H2,1-12H3/t46-,47+,48+,49-,50+,53-/m1/s1. The summed E-state index contributed by atoms with van der Waals surface area (Å²) >= 11 is 0. The van der Waals surface area contributed by atoms with Crippen molar-refractivity contribution in [2.45, 2.75) is 154 Å². The minimum atomic E-state index is -2.92. The van der Waals surface area contributed by atoms with Gasteiger partial charge in [-0.3, -0.25) is 9.59 Å². The lowest BCUT2D eigenvalue weighted by atomic mass is 9.88. The van der Waals surface area contributed by atoms with Crippen LogP contribution >= 0.6 is 0 Å². The van der Waals surface area contributed by atoms with Gasteiger partial charge in [-0.1, -0.05) is 145 Å². The third kappa shape index (κ3) is 13.5. The molecule has 1 aliphatic rings. The van der Waals surface area contributed by atoms with Gasteiger partial charge in [0.2, 0.25) is 0 Å². The summed E-state index contributed by atoms with van der Waals surface area (Å²) in [4.78, 5) is 25.6. The van der Waals surface area contributed by atoms with Crippen LogP contribution in [-0.4, -0.2) is 85.0 Å². The minimum Gasteiger partial charge on any atom is -0.497 e. The normalized spacial score (nSPS) is 19.6. The maximum absolute atomic E-state index is 12.8. The second kappa shape index (κ2) is 22.6. The molecule has 0 radical (unpaired) electrons. The van der Waals surface area contributed by atoms with Gasteiger partial charge in [0.25, 0.3) is 8.32 Å². The summed E-state index contributed by atoms with van der Waals surface area (Å²) in [6.45, 7) is 24.1. The van der Waals surface area contributed by atoms with Gasteiger partial charge in [-0.15, -0.1) is 0 Å². The van der Waals surface area contributed by atoms with E-state index in [4.69, 9.17) is 37.3 Å². The molecule has 0 unspecified atom stereocenters. The van der Waals surface area contributed by atoms with E-state index in [0.29, 0.717) is 26.1 Å². The lowest BCUT2D eigenvalue weighted by Crippen LogP contribution is -2.66. The molecule has 1 fully saturated rings. The van der Waals surface area contributed by atoms with Crippen molar-refractivity contribution in [3.05, 3.63) is 126 Å². The lowest BCUT2D eigenvalue weighted by Gasteiger charge is -2.46. The molecule has 12 heteroatoms. The zero-order valence-electron chi connectivity index (χ0n) is 40.9. The first-order chi connectivity index (χ1) is 30.7. The van der Waals surface area contributed by atoms with E-state index in [0.717, 1.165) is 16.9 Å². The molecular formula is C53H74O10Si2. The van der Waals surface area contributed by atoms with Crippen LogP contribution in [0.15, 0.2) is 115 Å². The van der Waals surface area contributed by atoms with E-state index in [2.05, 4.69) is 103 Å². The van der Waals surface area contributed by atoms with Crippen molar-refractivity contribution in [1.82, 2.24) is 0 Å². The van der Waals surface area contributed by atoms with Gasteiger partial charge < -0.3 is 37.3 Å². The summed E-state index contributed by atoms with van der Waals surface area (Å²) in [6.07, 6.45) is -2.48. The fourth-order valence-corrected chi connectivity index (χ4v) is 14.7. The highest BCUT2D eigenvalue weighted by Gasteiger charge is 2.57. The summed E-state index contributed by atoms with van der Waals surface area (Å²) in [6, 6.07) is 39.0. The molecule has 0 bridgehead atoms. The quantitative estimate of drug-likeness (QED) is 0.0430. The molecule has 0 amide bonds. The van der Waals surface area contributed by atoms with Crippen LogP contribution in [0.3, 0.4) is 0 Å². The Kier molecular flexibility index (Phi) is 18.0. The maximum atomic E-state index is 12.8. The SMILES string of the molecule is COc1ccc(COCC[C@@H](OC(C)=O)[C@H]2O[C@@](C)([C@@H](OCc3ccccc3)[C@H](CCO[Si](c3ccccc3)(c3ccccc3)C(C)(C)C)O[Si](C)(C)C(C)(C)C)C[C@@H]2OC(C)=O)cc1. The molecule has 0 aromatic heterocycles. The van der Waals surface area contributed by atoms with E-state index in [-0.39, 0.29) is 29.7 Å². The number of esters is 2. The topological polar surface area (TPSA) is 108 Å². The maximum Gasteiger partial charge on any atom is 0.302 e. The van der Waals surface area contributed by atoms with Gasteiger partial charge >= 0.3 is 11.9 Å². The number of carbonyl (C=O) groups excluding carboxylic acids is 2. The Hall–Kier alpha value is -4.15. The van der Waals surface area contributed by atoms with Crippen molar-refractivity contribution in [1.29, 1.82) is 0 Å². The molecule has 1 saturated heterocycles. The average molecular weight is 927 g/mol. The molecule has 6 atom stereocenters. The third-order valence-corrected chi connectivity index (χ3v) is 22.5. The van der Waals surface area contributed by atoms with Gasteiger partial charge in [0.15, 0.2) is 8.32 Å². The van der Waals surface area contributed by atoms with Crippen molar-refractivity contribution in [2.24, 2.45) is 0 Å². The largest absolute Gasteiger partial charge is 0.497 e. The number of hydrogen-bond acceptors (Lipinski definition) is 10. The third-order valence-electron chi connectivity index (χ3n) is 13.0. The van der Waals surface area contributed by atoms with E-state index in [9.17, 15) is 9.59 Å². The number of methoxy groups -OCH3 is 1. The highest BCUT2D eigenvalue weighted by molar-refractivity contribution is 6.99. The van der Waals surface area contributed by atoms with Crippen molar-refractivity contribution in [2.75, 3.05) is 20.3 Å². The van der Waals surface area contributed by atoms with E-state index in [1.165, 1.54) is 24.2 Å². The molecule has 4 aromatic carbocycles. The number of carbonyl (C=O) groups is 2. The first kappa shape index (κ1) is 51.8. The predicted molar refractivity (Wildman–Crippen MR) is 262 cm³/mol. The summed E-state index contributed by atoms with van der Waals surface area (Å²) < 4.78 is 52.8. The smallest absolute Gasteiger partial charge is 0.302 e. The number of hydrogen-bond donors (Lipinski definition) is 0. The molecule has 4 aromatic rings. The summed E-state index contributed by atoms with van der Waals surface area (Å²) in [7, 11) is -3.79. The van der Waals surface area contributed by atoms with E-state index >= 15 is 0 Å². The van der Waals surface area contributed by atoms with Gasteiger partial charge in [0.05, 0.1) is 38.6 Å². The van der Waals surface area contributed by atoms with Crippen molar-refractivity contribution in [3.8, 4) is 5.75 Å². The van der Waals surface area contributed by atoms with Crippen LogP contribution in [-0.2, 0) is 55.3 Å². The van der Waals surface area contributed by atoms with Crippen LogP contribution < -0.4 is 15.1 Å². The van der Waals surface area contributed by atoms with Crippen LogP contribution in [0.5, 0.6) is 5.75 Å². The fourth-order valence-electron chi connectivity index (χ4n) is 8.74. The summed E-state index contributed by atoms with van der Waals surface area (Å²) in [5.74, 6) is -0.170. The van der Waals surface area contributed by atoms with Gasteiger partial charge in [-0.25, -0.2) is 0 Å². The van der Waals surface area contributed by atoms with Crippen LogP contribution in [0.25, 0.3) is 0 Å². The van der Waals surface area contributed by atoms with Crippen LogP contribution in [0, 0.1) is 0 Å². The van der Waals surface area contributed by atoms with Gasteiger partial charge in [0, 0.05) is 33.3 Å². The molecule has 10 nitrogen and oxygen atoms in total. The number of rotatable bonds is 22. The van der Waals surface area contributed by atoms with Crippen LogP contribution in [0.1, 0.15) is 92.7 Å². The zero-order chi connectivity index (χ0) is 47.5. The van der Waals surface area contributed by atoms with Gasteiger partial charge in [-0.05, 0) is 70.1 Å². The van der Waals surface area contributed by atoms with Crippen molar-refractivity contribution >= 4 is 38.9 Å². The fraction of sp³-hybridized carbons (Fsp3) is 0.509. The molecule has 1 aliphatic heterocycles. The molecule has 1 heterocycles. The Balaban J connectivity index is 1.53. The van der Waals surface area contributed by atoms with E-state index in [1.807, 2.05) is 73.7 Å². The minimum absolute atomic E-state index is 0.138. The molecule has 5 rings (SSSR count). The zero-order valence-corrected chi connectivity index (χ0v) is 42.9. The highest BCUT2D eigenvalue weighted by atomic mass is 28.4. The van der Waals surface area contributed by atoms with E-state index in [1.54, 1.807) is 7.11 Å². The first-order valence-corrected chi connectivity index (χ1v) is 27.8. The Morgan fingerprint density at radius 2 is 1.28 bits per heavy atom. The van der Waals surface area contributed by atoms with Crippen LogP contribution in [0.4, 0.5) is 0 Å². The summed E-state index contributed by atoms with van der Waals surface area (Å²) in [5, 5.41) is 2.02. The highest BCUT2D eigenvalue weighted by Crippen LogP contribution is 2.45. The molecule has 354 valence electrons. The molecule has 0 saturated carbocycles. The van der Waals surface area contributed by atoms with Gasteiger partial charge in [0.1, 0.15) is 30.2 Å². The lowest BCUT2D eigenvalue weighted by molar-refractivity contribution is -0.195. The van der Waals surface area contributed by atoms with Crippen molar-refractivity contribution in [3.63, 3.8) is 0 Å². The predicted octanol–water partition coefficient (Wildman–Crippen LogP) is 9.96. The summed E-state index contributed by atoms with van der Waals surface area (Å²) in [5.41, 5.74) is 0.892. The Labute approximate surface area is 390 Å². The average Bonchev–Trinajstić information content (AvgIpc) is 3.58.